The molecule has 1 saturated heterocycles. The zero-order chi connectivity index (χ0) is 21.6. The van der Waals surface area contributed by atoms with Crippen LogP contribution in [0.2, 0.25) is 0 Å². The largest absolute Gasteiger partial charge is 0.383 e. The second-order valence-electron chi connectivity index (χ2n) is 8.76. The van der Waals surface area contributed by atoms with Crippen LogP contribution in [0.1, 0.15) is 42.0 Å². The van der Waals surface area contributed by atoms with E-state index in [1.165, 1.54) is 29.5 Å². The highest BCUT2D eigenvalue weighted by Crippen LogP contribution is 2.35. The molecule has 0 atom stereocenters. The van der Waals surface area contributed by atoms with Gasteiger partial charge in [-0.25, -0.2) is 4.98 Å². The summed E-state index contributed by atoms with van der Waals surface area (Å²) in [6.07, 6.45) is 3.26. The number of ether oxygens (including phenoxy) is 1. The van der Waals surface area contributed by atoms with E-state index in [9.17, 15) is 5.26 Å². The minimum Gasteiger partial charge on any atom is -0.383 e. The number of hydrogen-bond donors (Lipinski definition) is 1. The number of piperidine rings is 1. The molecule has 6 nitrogen and oxygen atoms in total. The molecule has 6 heteroatoms. The Bertz CT molecular complexity index is 916. The average Bonchev–Trinajstić information content (AvgIpc) is 2.80. The van der Waals surface area contributed by atoms with E-state index in [4.69, 9.17) is 9.72 Å². The molecule has 31 heavy (non-hydrogen) atoms. The Morgan fingerprint density at radius 2 is 1.94 bits per heavy atom. The third-order valence-corrected chi connectivity index (χ3v) is 6.49. The van der Waals surface area contributed by atoms with Gasteiger partial charge in [0.2, 0.25) is 0 Å². The first-order chi connectivity index (χ1) is 15.2. The van der Waals surface area contributed by atoms with Gasteiger partial charge >= 0.3 is 0 Å². The number of methoxy groups -OCH3 is 1. The normalized spacial score (nSPS) is 17.3. The minimum absolute atomic E-state index is 0.588. The van der Waals surface area contributed by atoms with E-state index >= 15 is 0 Å². The number of nitrogens with zero attached hydrogens (tertiary/aromatic N) is 4. The van der Waals surface area contributed by atoms with E-state index in [1.54, 1.807) is 7.11 Å². The van der Waals surface area contributed by atoms with E-state index in [-0.39, 0.29) is 0 Å². The molecule has 2 aliphatic rings. The summed E-state index contributed by atoms with van der Waals surface area (Å²) in [5, 5.41) is 13.3. The Hall–Kier alpha value is -2.62. The topological polar surface area (TPSA) is 64.4 Å². The second kappa shape index (κ2) is 10.1. The van der Waals surface area contributed by atoms with Crippen molar-refractivity contribution in [3.63, 3.8) is 0 Å². The predicted molar refractivity (Wildman–Crippen MR) is 124 cm³/mol. The van der Waals surface area contributed by atoms with Crippen LogP contribution in [0.15, 0.2) is 30.3 Å². The van der Waals surface area contributed by atoms with Crippen molar-refractivity contribution in [2.45, 2.75) is 39.3 Å². The predicted octanol–water partition coefficient (Wildman–Crippen LogP) is 3.81. The highest BCUT2D eigenvalue weighted by molar-refractivity contribution is 5.67. The number of benzene rings is 1. The Labute approximate surface area is 185 Å². The fraction of sp³-hybridized carbons (Fsp3) is 0.520. The molecule has 0 amide bonds. The molecule has 2 aliphatic heterocycles. The molecule has 0 aliphatic carbocycles. The third-order valence-electron chi connectivity index (χ3n) is 6.49. The fourth-order valence-corrected chi connectivity index (χ4v) is 4.65. The lowest BCUT2D eigenvalue weighted by Crippen LogP contribution is -2.37. The molecule has 1 fully saturated rings. The first kappa shape index (κ1) is 21.6. The van der Waals surface area contributed by atoms with Gasteiger partial charge in [-0.2, -0.15) is 5.26 Å². The van der Waals surface area contributed by atoms with E-state index in [1.807, 2.05) is 0 Å². The van der Waals surface area contributed by atoms with Crippen molar-refractivity contribution in [1.82, 2.24) is 9.88 Å². The van der Waals surface area contributed by atoms with Crippen molar-refractivity contribution >= 4 is 11.6 Å². The maximum atomic E-state index is 9.98. The van der Waals surface area contributed by atoms with Gasteiger partial charge < -0.3 is 15.0 Å². The first-order valence-corrected chi connectivity index (χ1v) is 11.4. The van der Waals surface area contributed by atoms with Gasteiger partial charge in [0, 0.05) is 51.9 Å². The Kier molecular flexibility index (Phi) is 7.06. The van der Waals surface area contributed by atoms with E-state index in [0.29, 0.717) is 24.5 Å². The zero-order valence-electron chi connectivity index (χ0n) is 18.7. The van der Waals surface area contributed by atoms with Crippen LogP contribution < -0.4 is 10.2 Å². The summed E-state index contributed by atoms with van der Waals surface area (Å²) >= 11 is 0. The van der Waals surface area contributed by atoms with Gasteiger partial charge in [0.05, 0.1) is 12.2 Å². The lowest BCUT2D eigenvalue weighted by Gasteiger charge is -2.37. The van der Waals surface area contributed by atoms with Crippen molar-refractivity contribution in [3.05, 3.63) is 52.6 Å². The SMILES string of the molecule is COCCNc1nc(N2CCC(C)CC2)c2c(c1C#N)CCN(Cc1ccccc1)C2. The van der Waals surface area contributed by atoms with Gasteiger partial charge in [-0.1, -0.05) is 37.3 Å². The van der Waals surface area contributed by atoms with Gasteiger partial charge in [0.1, 0.15) is 17.7 Å². The standard InChI is InChI=1S/C25H33N5O/c1-19-8-13-30(14-9-19)25-23-18-29(17-20-6-4-3-5-7-20)12-10-21(23)22(16-26)24(28-25)27-11-15-31-2/h3-7,19H,8-15,17-18H2,1-2H3,(H,27,28). The molecule has 0 radical (unpaired) electrons. The summed E-state index contributed by atoms with van der Waals surface area (Å²) in [5.74, 6) is 2.54. The smallest absolute Gasteiger partial charge is 0.146 e. The Morgan fingerprint density at radius 3 is 2.65 bits per heavy atom. The molecule has 0 unspecified atom stereocenters. The zero-order valence-corrected chi connectivity index (χ0v) is 18.7. The van der Waals surface area contributed by atoms with Crippen LogP contribution in [0.25, 0.3) is 0 Å². The van der Waals surface area contributed by atoms with Gasteiger partial charge in [-0.15, -0.1) is 0 Å². The molecular weight excluding hydrogens is 386 g/mol. The van der Waals surface area contributed by atoms with Gasteiger partial charge in [0.15, 0.2) is 0 Å². The van der Waals surface area contributed by atoms with Crippen LogP contribution in [0.4, 0.5) is 11.6 Å². The minimum atomic E-state index is 0.588. The molecule has 1 N–H and O–H groups in total. The van der Waals surface area contributed by atoms with Crippen molar-refractivity contribution in [1.29, 1.82) is 5.26 Å². The quantitative estimate of drug-likeness (QED) is 0.689. The number of pyridine rings is 1. The lowest BCUT2D eigenvalue weighted by molar-refractivity contribution is 0.210. The number of aromatic nitrogens is 1. The van der Waals surface area contributed by atoms with Crippen molar-refractivity contribution in [3.8, 4) is 6.07 Å². The van der Waals surface area contributed by atoms with Crippen LogP contribution in [0.3, 0.4) is 0 Å². The maximum absolute atomic E-state index is 9.98. The molecule has 1 aromatic carbocycles. The molecule has 4 rings (SSSR count). The Morgan fingerprint density at radius 1 is 1.16 bits per heavy atom. The van der Waals surface area contributed by atoms with Gasteiger partial charge in [-0.05, 0) is 36.3 Å². The van der Waals surface area contributed by atoms with Crippen LogP contribution in [0, 0.1) is 17.2 Å². The summed E-state index contributed by atoms with van der Waals surface area (Å²) in [6, 6.07) is 13.1. The first-order valence-electron chi connectivity index (χ1n) is 11.4. The number of anilines is 2. The molecule has 3 heterocycles. The summed E-state index contributed by atoms with van der Waals surface area (Å²) in [7, 11) is 1.69. The lowest BCUT2D eigenvalue weighted by atomic mass is 9.93. The Balaban J connectivity index is 1.67. The van der Waals surface area contributed by atoms with Crippen molar-refractivity contribution < 1.29 is 4.74 Å². The highest BCUT2D eigenvalue weighted by Gasteiger charge is 2.29. The number of hydrogen-bond acceptors (Lipinski definition) is 6. The monoisotopic (exact) mass is 419 g/mol. The summed E-state index contributed by atoms with van der Waals surface area (Å²) in [6.45, 7) is 8.34. The molecule has 0 bridgehead atoms. The average molecular weight is 420 g/mol. The number of nitrogens with one attached hydrogen (secondary N) is 1. The molecular formula is C25H33N5O. The number of rotatable bonds is 7. The maximum Gasteiger partial charge on any atom is 0.146 e. The van der Waals surface area contributed by atoms with Gasteiger partial charge in [-0.3, -0.25) is 4.90 Å². The van der Waals surface area contributed by atoms with Crippen LogP contribution in [-0.4, -0.2) is 49.8 Å². The molecule has 0 spiro atoms. The van der Waals surface area contributed by atoms with Crippen LogP contribution in [-0.2, 0) is 24.2 Å². The molecule has 164 valence electrons. The summed E-state index contributed by atoms with van der Waals surface area (Å²) in [5.41, 5.74) is 4.45. The van der Waals surface area contributed by atoms with Crippen LogP contribution >= 0.6 is 0 Å². The third kappa shape index (κ3) is 5.00. The van der Waals surface area contributed by atoms with Crippen LogP contribution in [0.5, 0.6) is 0 Å². The van der Waals surface area contributed by atoms with E-state index in [0.717, 1.165) is 50.9 Å². The summed E-state index contributed by atoms with van der Waals surface area (Å²) < 4.78 is 5.19. The second-order valence-corrected chi connectivity index (χ2v) is 8.76. The number of nitriles is 1. The molecule has 2 aromatic rings. The van der Waals surface area contributed by atoms with E-state index < -0.39 is 0 Å². The number of fused-ring (bicyclic) bond motifs is 1. The van der Waals surface area contributed by atoms with Gasteiger partial charge in [0.25, 0.3) is 0 Å². The van der Waals surface area contributed by atoms with Crippen molar-refractivity contribution in [2.24, 2.45) is 5.92 Å². The fourth-order valence-electron chi connectivity index (χ4n) is 4.65. The molecule has 1 aromatic heterocycles. The van der Waals surface area contributed by atoms with Crippen molar-refractivity contribution in [2.75, 3.05) is 50.1 Å². The molecule has 0 saturated carbocycles. The highest BCUT2D eigenvalue weighted by atomic mass is 16.5. The van der Waals surface area contributed by atoms with E-state index in [2.05, 4.69) is 58.4 Å². The summed E-state index contributed by atoms with van der Waals surface area (Å²) in [4.78, 5) is 9.95.